The van der Waals surface area contributed by atoms with Crippen molar-refractivity contribution in [1.29, 1.82) is 0 Å². The van der Waals surface area contributed by atoms with Gasteiger partial charge in [0.25, 0.3) is 5.91 Å². The van der Waals surface area contributed by atoms with Gasteiger partial charge in [-0.2, -0.15) is 10.2 Å². The van der Waals surface area contributed by atoms with Crippen LogP contribution in [0.15, 0.2) is 54.6 Å². The van der Waals surface area contributed by atoms with Crippen LogP contribution in [0.2, 0.25) is 0 Å². The average molecular weight is 349 g/mol. The molecule has 6 heteroatoms. The zero-order valence-corrected chi connectivity index (χ0v) is 14.8. The Kier molecular flexibility index (Phi) is 5.12. The number of carbonyl (C=O) groups excluding carboxylic acids is 1. The largest absolute Gasteiger partial charge is 0.493 e. The van der Waals surface area contributed by atoms with E-state index in [0.717, 1.165) is 17.0 Å². The fourth-order valence-electron chi connectivity index (χ4n) is 2.49. The second-order valence-electron chi connectivity index (χ2n) is 5.66. The third-order valence-corrected chi connectivity index (χ3v) is 3.86. The molecule has 0 saturated carbocycles. The van der Waals surface area contributed by atoms with E-state index >= 15 is 0 Å². The van der Waals surface area contributed by atoms with E-state index in [1.807, 2.05) is 43.3 Å². The number of anilines is 1. The van der Waals surface area contributed by atoms with Gasteiger partial charge < -0.3 is 14.8 Å². The summed E-state index contributed by atoms with van der Waals surface area (Å²) >= 11 is 0. The lowest BCUT2D eigenvalue weighted by Gasteiger charge is -2.10. The number of nitrogens with one attached hydrogen (secondary N) is 1. The van der Waals surface area contributed by atoms with E-state index in [1.54, 1.807) is 25.3 Å². The van der Waals surface area contributed by atoms with Gasteiger partial charge in [-0.25, -0.2) is 0 Å². The van der Waals surface area contributed by atoms with Crippen molar-refractivity contribution in [2.75, 3.05) is 19.5 Å². The molecular weight excluding hydrogens is 330 g/mol. The van der Waals surface area contributed by atoms with Crippen molar-refractivity contribution in [1.82, 2.24) is 10.2 Å². The maximum atomic E-state index is 12.5. The Bertz CT molecular complexity index is 924. The Balaban J connectivity index is 1.81. The Morgan fingerprint density at radius 3 is 2.42 bits per heavy atom. The molecule has 1 heterocycles. The second-order valence-corrected chi connectivity index (χ2v) is 5.66. The van der Waals surface area contributed by atoms with E-state index in [9.17, 15) is 4.79 Å². The summed E-state index contributed by atoms with van der Waals surface area (Å²) in [6, 6.07) is 16.3. The Morgan fingerprint density at radius 2 is 1.73 bits per heavy atom. The average Bonchev–Trinajstić information content (AvgIpc) is 2.68. The van der Waals surface area contributed by atoms with Crippen LogP contribution in [-0.2, 0) is 0 Å². The van der Waals surface area contributed by atoms with Crippen molar-refractivity contribution in [3.8, 4) is 22.8 Å². The number of rotatable bonds is 5. The van der Waals surface area contributed by atoms with E-state index in [0.29, 0.717) is 22.7 Å². The lowest BCUT2D eigenvalue weighted by atomic mass is 10.1. The Labute approximate surface area is 151 Å². The number of benzene rings is 2. The van der Waals surface area contributed by atoms with Gasteiger partial charge in [-0.15, -0.1) is 0 Å². The highest BCUT2D eigenvalue weighted by Crippen LogP contribution is 2.28. The quantitative estimate of drug-likeness (QED) is 0.760. The van der Waals surface area contributed by atoms with Crippen LogP contribution in [0, 0.1) is 6.92 Å². The van der Waals surface area contributed by atoms with Crippen molar-refractivity contribution in [3.05, 3.63) is 65.9 Å². The first-order chi connectivity index (χ1) is 12.6. The van der Waals surface area contributed by atoms with Crippen molar-refractivity contribution < 1.29 is 14.3 Å². The molecule has 26 heavy (non-hydrogen) atoms. The predicted molar refractivity (Wildman–Crippen MR) is 99.7 cm³/mol. The SMILES string of the molecule is COc1ccc(C(=O)Nc2cccc(-c3ccc(C)nn3)c2)cc1OC. The minimum absolute atomic E-state index is 0.238. The molecule has 6 nitrogen and oxygen atoms in total. The van der Waals surface area contributed by atoms with Crippen LogP contribution in [0.4, 0.5) is 5.69 Å². The van der Waals surface area contributed by atoms with Gasteiger partial charge >= 0.3 is 0 Å². The van der Waals surface area contributed by atoms with Gasteiger partial charge in [0.15, 0.2) is 11.5 Å². The molecule has 0 aliphatic carbocycles. The number of hydrogen-bond acceptors (Lipinski definition) is 5. The van der Waals surface area contributed by atoms with E-state index in [2.05, 4.69) is 15.5 Å². The first-order valence-corrected chi connectivity index (χ1v) is 8.05. The molecule has 0 spiro atoms. The second kappa shape index (κ2) is 7.65. The normalized spacial score (nSPS) is 10.3. The third-order valence-electron chi connectivity index (χ3n) is 3.86. The summed E-state index contributed by atoms with van der Waals surface area (Å²) in [7, 11) is 3.09. The van der Waals surface area contributed by atoms with Gasteiger partial charge in [0.2, 0.25) is 0 Å². The summed E-state index contributed by atoms with van der Waals surface area (Å²) in [5.74, 6) is 0.839. The van der Waals surface area contributed by atoms with Gasteiger partial charge in [0.1, 0.15) is 0 Å². The zero-order valence-electron chi connectivity index (χ0n) is 14.8. The molecule has 3 rings (SSSR count). The van der Waals surface area contributed by atoms with Crippen LogP contribution in [-0.4, -0.2) is 30.3 Å². The van der Waals surface area contributed by atoms with Crippen molar-refractivity contribution in [3.63, 3.8) is 0 Å². The minimum atomic E-state index is -0.238. The molecule has 1 amide bonds. The van der Waals surface area contributed by atoms with Gasteiger partial charge in [0, 0.05) is 16.8 Å². The lowest BCUT2D eigenvalue weighted by molar-refractivity contribution is 0.102. The summed E-state index contributed by atoms with van der Waals surface area (Å²) in [6.07, 6.45) is 0. The minimum Gasteiger partial charge on any atom is -0.493 e. The number of carbonyl (C=O) groups is 1. The summed E-state index contributed by atoms with van der Waals surface area (Å²) in [4.78, 5) is 12.5. The van der Waals surface area contributed by atoms with Crippen LogP contribution >= 0.6 is 0 Å². The molecular formula is C20H19N3O3. The standard InChI is InChI=1S/C20H19N3O3/c1-13-7-9-17(23-22-13)14-5-4-6-16(11-14)21-20(24)15-8-10-18(25-2)19(12-15)26-3/h4-12H,1-3H3,(H,21,24). The fraction of sp³-hybridized carbons (Fsp3) is 0.150. The number of nitrogens with zero attached hydrogens (tertiary/aromatic N) is 2. The van der Waals surface area contributed by atoms with Crippen LogP contribution < -0.4 is 14.8 Å². The van der Waals surface area contributed by atoms with Crippen LogP contribution in [0.25, 0.3) is 11.3 Å². The van der Waals surface area contributed by atoms with E-state index in [-0.39, 0.29) is 5.91 Å². The monoisotopic (exact) mass is 349 g/mol. The van der Waals surface area contributed by atoms with E-state index in [1.165, 1.54) is 7.11 Å². The van der Waals surface area contributed by atoms with Crippen molar-refractivity contribution in [2.45, 2.75) is 6.92 Å². The smallest absolute Gasteiger partial charge is 0.255 e. The Morgan fingerprint density at radius 1 is 0.923 bits per heavy atom. The molecule has 0 bridgehead atoms. The van der Waals surface area contributed by atoms with Gasteiger partial charge in [-0.3, -0.25) is 4.79 Å². The molecule has 0 fully saturated rings. The maximum absolute atomic E-state index is 12.5. The number of amides is 1. The van der Waals surface area contributed by atoms with Crippen LogP contribution in [0.3, 0.4) is 0 Å². The molecule has 0 radical (unpaired) electrons. The molecule has 0 unspecified atom stereocenters. The summed E-state index contributed by atoms with van der Waals surface area (Å²) in [5.41, 5.74) is 3.62. The third kappa shape index (κ3) is 3.80. The molecule has 0 aliphatic rings. The number of hydrogen-bond donors (Lipinski definition) is 1. The maximum Gasteiger partial charge on any atom is 0.255 e. The molecule has 1 aromatic heterocycles. The van der Waals surface area contributed by atoms with Gasteiger partial charge in [-0.05, 0) is 49.4 Å². The van der Waals surface area contributed by atoms with Gasteiger partial charge in [-0.1, -0.05) is 12.1 Å². The van der Waals surface area contributed by atoms with Gasteiger partial charge in [0.05, 0.1) is 25.6 Å². The number of aryl methyl sites for hydroxylation is 1. The zero-order chi connectivity index (χ0) is 18.5. The lowest BCUT2D eigenvalue weighted by Crippen LogP contribution is -2.12. The molecule has 132 valence electrons. The first-order valence-electron chi connectivity index (χ1n) is 8.05. The number of methoxy groups -OCH3 is 2. The van der Waals surface area contributed by atoms with Crippen molar-refractivity contribution >= 4 is 11.6 Å². The summed E-state index contributed by atoms with van der Waals surface area (Å²) in [6.45, 7) is 1.89. The first kappa shape index (κ1) is 17.4. The molecule has 0 saturated heterocycles. The van der Waals surface area contributed by atoms with Crippen LogP contribution in [0.1, 0.15) is 16.1 Å². The molecule has 3 aromatic rings. The molecule has 1 N–H and O–H groups in total. The van der Waals surface area contributed by atoms with E-state index < -0.39 is 0 Å². The highest BCUT2D eigenvalue weighted by Gasteiger charge is 2.11. The number of ether oxygens (including phenoxy) is 2. The van der Waals surface area contributed by atoms with E-state index in [4.69, 9.17) is 9.47 Å². The highest BCUT2D eigenvalue weighted by molar-refractivity contribution is 6.04. The molecule has 0 aliphatic heterocycles. The fourth-order valence-corrected chi connectivity index (χ4v) is 2.49. The van der Waals surface area contributed by atoms with Crippen molar-refractivity contribution in [2.24, 2.45) is 0 Å². The summed E-state index contributed by atoms with van der Waals surface area (Å²) in [5, 5.41) is 11.1. The number of aromatic nitrogens is 2. The molecule has 2 aromatic carbocycles. The topological polar surface area (TPSA) is 73.3 Å². The summed E-state index contributed by atoms with van der Waals surface area (Å²) < 4.78 is 10.4. The highest BCUT2D eigenvalue weighted by atomic mass is 16.5. The molecule has 0 atom stereocenters. The van der Waals surface area contributed by atoms with Crippen LogP contribution in [0.5, 0.6) is 11.5 Å². The Hall–Kier alpha value is -3.41. The predicted octanol–water partition coefficient (Wildman–Crippen LogP) is 3.72.